The van der Waals surface area contributed by atoms with E-state index in [1.165, 1.54) is 23.5 Å². The van der Waals surface area contributed by atoms with E-state index in [1.54, 1.807) is 42.6 Å². The lowest BCUT2D eigenvalue weighted by Crippen LogP contribution is -2.26. The van der Waals surface area contributed by atoms with E-state index in [2.05, 4.69) is 10.3 Å². The fourth-order valence-electron chi connectivity index (χ4n) is 3.27. The van der Waals surface area contributed by atoms with Crippen LogP contribution in [0.25, 0.3) is 11.3 Å². The van der Waals surface area contributed by atoms with Crippen molar-refractivity contribution >= 4 is 27.3 Å². The number of hydrogen-bond acceptors (Lipinski definition) is 5. The maximum Gasteiger partial charge on any atom is 0.264 e. The van der Waals surface area contributed by atoms with E-state index in [-0.39, 0.29) is 17.2 Å². The summed E-state index contributed by atoms with van der Waals surface area (Å²) in [6, 6.07) is 24.6. The van der Waals surface area contributed by atoms with Crippen LogP contribution in [0.1, 0.15) is 12.3 Å². The molecule has 0 unspecified atom stereocenters. The third-order valence-corrected chi connectivity index (χ3v) is 6.86. The molecular weight excluding hydrogens is 438 g/mol. The molecule has 0 bridgehead atoms. The number of amides is 1. The number of nitrogens with zero attached hydrogens (tertiary/aromatic N) is 2. The molecular formula is C25H23N3O4S. The van der Waals surface area contributed by atoms with Gasteiger partial charge in [0.2, 0.25) is 5.91 Å². The highest BCUT2D eigenvalue weighted by Crippen LogP contribution is 2.24. The number of carbonyl (C=O) groups excluding carboxylic acids is 1. The molecule has 0 spiro atoms. The van der Waals surface area contributed by atoms with Crippen LogP contribution in [-0.2, 0) is 21.2 Å². The Bertz CT molecular complexity index is 1340. The van der Waals surface area contributed by atoms with Crippen molar-refractivity contribution in [3.63, 3.8) is 0 Å². The third-order valence-electron chi connectivity index (χ3n) is 5.07. The van der Waals surface area contributed by atoms with Crippen molar-refractivity contribution in [3.05, 3.63) is 97.0 Å². The van der Waals surface area contributed by atoms with Gasteiger partial charge in [-0.25, -0.2) is 13.4 Å². The summed E-state index contributed by atoms with van der Waals surface area (Å²) in [5.41, 5.74) is 1.87. The van der Waals surface area contributed by atoms with Gasteiger partial charge in [0.25, 0.3) is 10.0 Å². The van der Waals surface area contributed by atoms with Crippen LogP contribution in [0.5, 0.6) is 0 Å². The fourth-order valence-corrected chi connectivity index (χ4v) is 4.52. The Labute approximate surface area is 192 Å². The minimum absolute atomic E-state index is 0.0897. The summed E-state index contributed by atoms with van der Waals surface area (Å²) in [7, 11) is -2.28. The molecule has 3 aromatic carbocycles. The monoisotopic (exact) mass is 461 g/mol. The normalized spacial score (nSPS) is 11.2. The zero-order chi connectivity index (χ0) is 23.3. The van der Waals surface area contributed by atoms with E-state index in [1.807, 2.05) is 36.4 Å². The molecule has 33 heavy (non-hydrogen) atoms. The molecule has 0 aliphatic rings. The van der Waals surface area contributed by atoms with Gasteiger partial charge in [0.15, 0.2) is 11.7 Å². The van der Waals surface area contributed by atoms with Gasteiger partial charge in [0, 0.05) is 31.1 Å². The van der Waals surface area contributed by atoms with Gasteiger partial charge in [-0.1, -0.05) is 54.6 Å². The van der Waals surface area contributed by atoms with Crippen molar-refractivity contribution in [2.75, 3.05) is 16.7 Å². The Hall–Kier alpha value is -3.91. The first-order valence-electron chi connectivity index (χ1n) is 10.4. The second-order valence-corrected chi connectivity index (χ2v) is 9.34. The number of rotatable bonds is 8. The van der Waals surface area contributed by atoms with Gasteiger partial charge in [-0.3, -0.25) is 9.10 Å². The van der Waals surface area contributed by atoms with Gasteiger partial charge < -0.3 is 9.73 Å². The van der Waals surface area contributed by atoms with E-state index in [9.17, 15) is 13.2 Å². The van der Waals surface area contributed by atoms with Crippen molar-refractivity contribution in [1.82, 2.24) is 4.98 Å². The highest BCUT2D eigenvalue weighted by molar-refractivity contribution is 7.92. The summed E-state index contributed by atoms with van der Waals surface area (Å²) in [5.74, 6) is 0.844. The standard InChI is InChI=1S/C25H23N3O4S/c1-28(21-12-6-3-7-13-21)33(30,31)22-14-8-11-20(17-22)27-24(29)15-16-25-26-18-23(32-25)19-9-4-2-5-10-19/h2-14,17-18H,15-16H2,1H3,(H,27,29). The molecule has 168 valence electrons. The van der Waals surface area contributed by atoms with Gasteiger partial charge in [0.05, 0.1) is 16.8 Å². The first kappa shape index (κ1) is 22.3. The predicted molar refractivity (Wildman–Crippen MR) is 127 cm³/mol. The molecule has 7 nitrogen and oxygen atoms in total. The molecule has 0 radical (unpaired) electrons. The molecule has 0 saturated carbocycles. The van der Waals surface area contributed by atoms with Crippen LogP contribution < -0.4 is 9.62 Å². The van der Waals surface area contributed by atoms with Crippen molar-refractivity contribution in [2.45, 2.75) is 17.7 Å². The quantitative estimate of drug-likeness (QED) is 0.409. The molecule has 1 amide bonds. The number of nitrogens with one attached hydrogen (secondary N) is 1. The summed E-state index contributed by atoms with van der Waals surface area (Å²) in [5, 5.41) is 2.75. The van der Waals surface area contributed by atoms with Crippen LogP contribution in [0, 0.1) is 0 Å². The summed E-state index contributed by atoms with van der Waals surface area (Å²) >= 11 is 0. The summed E-state index contributed by atoms with van der Waals surface area (Å²) in [6.07, 6.45) is 2.11. The van der Waals surface area contributed by atoms with Gasteiger partial charge >= 0.3 is 0 Å². The number of aromatic nitrogens is 1. The molecule has 8 heteroatoms. The lowest BCUT2D eigenvalue weighted by atomic mass is 10.2. The Morgan fingerprint density at radius 2 is 1.67 bits per heavy atom. The van der Waals surface area contributed by atoms with Crippen LogP contribution in [-0.4, -0.2) is 26.4 Å². The first-order valence-corrected chi connectivity index (χ1v) is 11.8. The molecule has 0 aliphatic heterocycles. The lowest BCUT2D eigenvalue weighted by molar-refractivity contribution is -0.116. The molecule has 4 aromatic rings. The maximum atomic E-state index is 13.0. The molecule has 1 heterocycles. The Kier molecular flexibility index (Phi) is 6.55. The van der Waals surface area contributed by atoms with Crippen LogP contribution in [0.2, 0.25) is 0 Å². The number of carbonyl (C=O) groups is 1. The summed E-state index contributed by atoms with van der Waals surface area (Å²) < 4.78 is 32.9. The molecule has 0 aliphatic carbocycles. The van der Waals surface area contributed by atoms with Crippen molar-refractivity contribution in [2.24, 2.45) is 0 Å². The van der Waals surface area contributed by atoms with Gasteiger partial charge in [-0.15, -0.1) is 0 Å². The van der Waals surface area contributed by atoms with Crippen LogP contribution in [0.15, 0.2) is 100 Å². The van der Waals surface area contributed by atoms with E-state index < -0.39 is 10.0 Å². The number of sulfonamides is 1. The lowest BCUT2D eigenvalue weighted by Gasteiger charge is -2.19. The number of para-hydroxylation sites is 1. The molecule has 0 saturated heterocycles. The van der Waals surface area contributed by atoms with E-state index in [0.717, 1.165) is 5.56 Å². The maximum absolute atomic E-state index is 13.0. The van der Waals surface area contributed by atoms with Gasteiger partial charge in [-0.05, 0) is 30.3 Å². The average Bonchev–Trinajstić information content (AvgIpc) is 3.33. The first-order chi connectivity index (χ1) is 15.9. The van der Waals surface area contributed by atoms with Gasteiger partial charge in [0.1, 0.15) is 0 Å². The fraction of sp³-hybridized carbons (Fsp3) is 0.120. The second-order valence-electron chi connectivity index (χ2n) is 7.37. The summed E-state index contributed by atoms with van der Waals surface area (Å²) in [6.45, 7) is 0. The second kappa shape index (κ2) is 9.70. The molecule has 0 fully saturated rings. The topological polar surface area (TPSA) is 92.5 Å². The number of aryl methyl sites for hydroxylation is 1. The third kappa shape index (κ3) is 5.30. The minimum atomic E-state index is -3.77. The SMILES string of the molecule is CN(c1ccccc1)S(=O)(=O)c1cccc(NC(=O)CCc2ncc(-c3ccccc3)o2)c1. The molecule has 1 aromatic heterocycles. The highest BCUT2D eigenvalue weighted by Gasteiger charge is 2.21. The Morgan fingerprint density at radius 1 is 0.970 bits per heavy atom. The zero-order valence-electron chi connectivity index (χ0n) is 18.0. The van der Waals surface area contributed by atoms with Crippen LogP contribution in [0.4, 0.5) is 11.4 Å². The number of hydrogen-bond donors (Lipinski definition) is 1. The van der Waals surface area contributed by atoms with Gasteiger partial charge in [-0.2, -0.15) is 0 Å². The van der Waals surface area contributed by atoms with E-state index >= 15 is 0 Å². The van der Waals surface area contributed by atoms with E-state index in [0.29, 0.717) is 29.4 Å². The summed E-state index contributed by atoms with van der Waals surface area (Å²) in [4.78, 5) is 16.8. The largest absolute Gasteiger partial charge is 0.441 e. The Morgan fingerprint density at radius 3 is 2.39 bits per heavy atom. The van der Waals surface area contributed by atoms with Crippen molar-refractivity contribution < 1.29 is 17.6 Å². The predicted octanol–water partition coefficient (Wildman–Crippen LogP) is 4.74. The van der Waals surface area contributed by atoms with E-state index in [4.69, 9.17) is 4.42 Å². The molecule has 0 atom stereocenters. The average molecular weight is 462 g/mol. The zero-order valence-corrected chi connectivity index (χ0v) is 18.8. The van der Waals surface area contributed by atoms with Crippen LogP contribution in [0.3, 0.4) is 0 Å². The van der Waals surface area contributed by atoms with Crippen LogP contribution >= 0.6 is 0 Å². The molecule has 1 N–H and O–H groups in total. The smallest absolute Gasteiger partial charge is 0.264 e. The number of benzene rings is 3. The number of anilines is 2. The Balaban J connectivity index is 1.39. The highest BCUT2D eigenvalue weighted by atomic mass is 32.2. The minimum Gasteiger partial charge on any atom is -0.441 e. The molecule has 4 rings (SSSR count). The van der Waals surface area contributed by atoms with Crippen molar-refractivity contribution in [1.29, 1.82) is 0 Å². The number of oxazole rings is 1. The van der Waals surface area contributed by atoms with Crippen molar-refractivity contribution in [3.8, 4) is 11.3 Å².